The maximum absolute atomic E-state index is 12.8. The molecule has 20 heavy (non-hydrogen) atoms. The number of hydrogen-bond acceptors (Lipinski definition) is 1. The van der Waals surface area contributed by atoms with E-state index in [4.69, 9.17) is 4.74 Å². The van der Waals surface area contributed by atoms with Crippen LogP contribution in [0.1, 0.15) is 23.6 Å². The van der Waals surface area contributed by atoms with Gasteiger partial charge in [-0.1, -0.05) is 37.3 Å². The molecule has 2 rings (SSSR count). The van der Waals surface area contributed by atoms with Crippen LogP contribution >= 0.6 is 0 Å². The van der Waals surface area contributed by atoms with Crippen LogP contribution in [0.25, 0.3) is 0 Å². The fraction of sp³-hybridized carbons (Fsp3) is 0.250. The smallest absolute Gasteiger partial charge is 0.416 e. The van der Waals surface area contributed by atoms with Crippen molar-refractivity contribution in [2.45, 2.75) is 26.1 Å². The monoisotopic (exact) mass is 280 g/mol. The number of ether oxygens (including phenoxy) is 1. The van der Waals surface area contributed by atoms with Crippen molar-refractivity contribution >= 4 is 0 Å². The minimum atomic E-state index is -4.36. The third-order valence-electron chi connectivity index (χ3n) is 3.05. The Labute approximate surface area is 116 Å². The Morgan fingerprint density at radius 2 is 1.60 bits per heavy atom. The number of hydrogen-bond donors (Lipinski definition) is 0. The SMILES string of the molecule is CCc1ccc(OCc2ccccc2C(F)(F)F)cc1. The van der Waals surface area contributed by atoms with Crippen LogP contribution < -0.4 is 4.74 Å². The minimum absolute atomic E-state index is 0.0961. The molecule has 106 valence electrons. The zero-order valence-corrected chi connectivity index (χ0v) is 11.1. The van der Waals surface area contributed by atoms with Gasteiger partial charge in [0, 0.05) is 5.56 Å². The van der Waals surface area contributed by atoms with E-state index < -0.39 is 11.7 Å². The van der Waals surface area contributed by atoms with Crippen LogP contribution in [0.15, 0.2) is 48.5 Å². The first-order valence-corrected chi connectivity index (χ1v) is 6.37. The van der Waals surface area contributed by atoms with Crippen molar-refractivity contribution in [1.82, 2.24) is 0 Å². The third-order valence-corrected chi connectivity index (χ3v) is 3.05. The van der Waals surface area contributed by atoms with Gasteiger partial charge in [0.15, 0.2) is 0 Å². The van der Waals surface area contributed by atoms with Crippen LogP contribution in [0, 0.1) is 0 Å². The summed E-state index contributed by atoms with van der Waals surface area (Å²) in [5.41, 5.74) is 0.651. The van der Waals surface area contributed by atoms with E-state index in [0.717, 1.165) is 18.1 Å². The Morgan fingerprint density at radius 1 is 0.950 bits per heavy atom. The molecule has 4 heteroatoms. The molecule has 0 aromatic heterocycles. The highest BCUT2D eigenvalue weighted by atomic mass is 19.4. The largest absolute Gasteiger partial charge is 0.489 e. The first-order chi connectivity index (χ1) is 9.50. The molecule has 0 saturated carbocycles. The molecule has 0 radical (unpaired) electrons. The van der Waals surface area contributed by atoms with Gasteiger partial charge in [0.2, 0.25) is 0 Å². The minimum Gasteiger partial charge on any atom is -0.489 e. The summed E-state index contributed by atoms with van der Waals surface area (Å²) >= 11 is 0. The number of aryl methyl sites for hydroxylation is 1. The number of alkyl halides is 3. The van der Waals surface area contributed by atoms with E-state index in [1.807, 2.05) is 19.1 Å². The average Bonchev–Trinajstić information content (AvgIpc) is 2.45. The molecule has 2 aromatic rings. The van der Waals surface area contributed by atoms with Gasteiger partial charge in [0.05, 0.1) is 5.56 Å². The molecule has 2 aromatic carbocycles. The summed E-state index contributed by atoms with van der Waals surface area (Å²) in [5.74, 6) is 0.569. The highest BCUT2D eigenvalue weighted by molar-refractivity contribution is 5.31. The molecule has 1 nitrogen and oxygen atoms in total. The molecule has 0 spiro atoms. The third kappa shape index (κ3) is 3.53. The molecule has 0 amide bonds. The van der Waals surface area contributed by atoms with Gasteiger partial charge in [-0.3, -0.25) is 0 Å². The summed E-state index contributed by atoms with van der Waals surface area (Å²) in [6.45, 7) is 1.94. The molecule has 0 bridgehead atoms. The Hall–Kier alpha value is -1.97. The van der Waals surface area contributed by atoms with Crippen LogP contribution in [-0.4, -0.2) is 0 Å². The van der Waals surface area contributed by atoms with E-state index in [0.29, 0.717) is 5.75 Å². The lowest BCUT2D eigenvalue weighted by molar-refractivity contribution is -0.138. The second kappa shape index (κ2) is 5.99. The molecule has 0 atom stereocenters. The summed E-state index contributed by atoms with van der Waals surface area (Å²) in [6, 6.07) is 12.8. The quantitative estimate of drug-likeness (QED) is 0.778. The zero-order valence-electron chi connectivity index (χ0n) is 11.1. The summed E-state index contributed by atoms with van der Waals surface area (Å²) < 4.78 is 43.9. The van der Waals surface area contributed by atoms with Crippen molar-refractivity contribution in [1.29, 1.82) is 0 Å². The van der Waals surface area contributed by atoms with Gasteiger partial charge in [-0.05, 0) is 30.2 Å². The van der Waals surface area contributed by atoms with Crippen LogP contribution in [-0.2, 0) is 19.2 Å². The molecule has 0 saturated heterocycles. The first kappa shape index (κ1) is 14.4. The topological polar surface area (TPSA) is 9.23 Å². The highest BCUT2D eigenvalue weighted by Crippen LogP contribution is 2.32. The van der Waals surface area contributed by atoms with Crippen molar-refractivity contribution in [3.8, 4) is 5.75 Å². The van der Waals surface area contributed by atoms with Crippen molar-refractivity contribution in [2.24, 2.45) is 0 Å². The fourth-order valence-electron chi connectivity index (χ4n) is 1.91. The first-order valence-electron chi connectivity index (χ1n) is 6.37. The molecule has 0 heterocycles. The van der Waals surface area contributed by atoms with Gasteiger partial charge in [-0.2, -0.15) is 13.2 Å². The van der Waals surface area contributed by atoms with E-state index in [9.17, 15) is 13.2 Å². The van der Waals surface area contributed by atoms with Gasteiger partial charge in [0.1, 0.15) is 12.4 Å². The van der Waals surface area contributed by atoms with Crippen molar-refractivity contribution in [2.75, 3.05) is 0 Å². The molecular weight excluding hydrogens is 265 g/mol. The average molecular weight is 280 g/mol. The highest BCUT2D eigenvalue weighted by Gasteiger charge is 2.32. The maximum Gasteiger partial charge on any atom is 0.416 e. The molecule has 0 aliphatic rings. The van der Waals surface area contributed by atoms with Crippen LogP contribution in [0.4, 0.5) is 13.2 Å². The summed E-state index contributed by atoms with van der Waals surface area (Å²) in [6.07, 6.45) is -3.44. The van der Waals surface area contributed by atoms with Gasteiger partial charge in [-0.15, -0.1) is 0 Å². The predicted molar refractivity (Wildman–Crippen MR) is 71.6 cm³/mol. The molecule has 0 fully saturated rings. The summed E-state index contributed by atoms with van der Waals surface area (Å²) in [7, 11) is 0. The van der Waals surface area contributed by atoms with Gasteiger partial charge in [0.25, 0.3) is 0 Å². The lowest BCUT2D eigenvalue weighted by Crippen LogP contribution is -2.10. The zero-order chi connectivity index (χ0) is 14.6. The van der Waals surface area contributed by atoms with Gasteiger partial charge < -0.3 is 4.74 Å². The van der Waals surface area contributed by atoms with E-state index in [1.165, 1.54) is 12.1 Å². The van der Waals surface area contributed by atoms with Gasteiger partial charge in [-0.25, -0.2) is 0 Å². The van der Waals surface area contributed by atoms with E-state index >= 15 is 0 Å². The molecule has 0 N–H and O–H groups in total. The van der Waals surface area contributed by atoms with Gasteiger partial charge >= 0.3 is 6.18 Å². The molecule has 0 aliphatic heterocycles. The Morgan fingerprint density at radius 3 is 2.20 bits per heavy atom. The molecule has 0 aliphatic carbocycles. The standard InChI is InChI=1S/C16H15F3O/c1-2-12-7-9-14(10-8-12)20-11-13-5-3-4-6-15(13)16(17,18)19/h3-10H,2,11H2,1H3. The lowest BCUT2D eigenvalue weighted by atomic mass is 10.1. The predicted octanol–water partition coefficient (Wildman–Crippen LogP) is 4.85. The van der Waals surface area contributed by atoms with E-state index in [2.05, 4.69) is 0 Å². The summed E-state index contributed by atoms with van der Waals surface area (Å²) in [5, 5.41) is 0. The Balaban J connectivity index is 2.10. The maximum atomic E-state index is 12.8. The van der Waals surface area contributed by atoms with E-state index in [-0.39, 0.29) is 12.2 Å². The number of benzene rings is 2. The Kier molecular flexibility index (Phi) is 4.32. The van der Waals surface area contributed by atoms with Crippen molar-refractivity contribution < 1.29 is 17.9 Å². The van der Waals surface area contributed by atoms with Crippen LogP contribution in [0.2, 0.25) is 0 Å². The van der Waals surface area contributed by atoms with E-state index in [1.54, 1.807) is 18.2 Å². The Bertz CT molecular complexity index is 559. The summed E-state index contributed by atoms with van der Waals surface area (Å²) in [4.78, 5) is 0. The lowest BCUT2D eigenvalue weighted by Gasteiger charge is -2.13. The normalized spacial score (nSPS) is 11.4. The second-order valence-electron chi connectivity index (χ2n) is 4.44. The number of rotatable bonds is 4. The molecule has 0 unspecified atom stereocenters. The number of halogens is 3. The van der Waals surface area contributed by atoms with Crippen LogP contribution in [0.3, 0.4) is 0 Å². The van der Waals surface area contributed by atoms with Crippen molar-refractivity contribution in [3.05, 3.63) is 65.2 Å². The van der Waals surface area contributed by atoms with Crippen LogP contribution in [0.5, 0.6) is 5.75 Å². The fourth-order valence-corrected chi connectivity index (χ4v) is 1.91. The second-order valence-corrected chi connectivity index (χ2v) is 4.44. The molecular formula is C16H15F3O. The van der Waals surface area contributed by atoms with Crippen molar-refractivity contribution in [3.63, 3.8) is 0 Å².